The Morgan fingerprint density at radius 1 is 0.974 bits per heavy atom. The molecule has 0 heterocycles. The van der Waals surface area contributed by atoms with Crippen molar-refractivity contribution in [1.29, 1.82) is 0 Å². The van der Waals surface area contributed by atoms with E-state index in [0.29, 0.717) is 11.3 Å². The molecule has 2 atom stereocenters. The van der Waals surface area contributed by atoms with Crippen LogP contribution < -0.4 is 20.1 Å². The fourth-order valence-corrected chi connectivity index (χ4v) is 4.09. The molecular formula is C25H32N3O9P. The van der Waals surface area contributed by atoms with Crippen molar-refractivity contribution in [2.45, 2.75) is 52.1 Å². The van der Waals surface area contributed by atoms with Crippen molar-refractivity contribution in [2.75, 3.05) is 11.4 Å². The van der Waals surface area contributed by atoms with Gasteiger partial charge in [-0.25, -0.2) is 4.57 Å². The molecule has 0 spiro atoms. The van der Waals surface area contributed by atoms with Crippen LogP contribution in [0.2, 0.25) is 0 Å². The first kappa shape index (κ1) is 30.5. The molecule has 12 nitrogen and oxygen atoms in total. The van der Waals surface area contributed by atoms with E-state index in [1.54, 1.807) is 19.1 Å². The van der Waals surface area contributed by atoms with Crippen LogP contribution in [0.3, 0.4) is 0 Å². The van der Waals surface area contributed by atoms with Crippen LogP contribution in [0.5, 0.6) is 5.75 Å². The molecule has 0 aliphatic rings. The summed E-state index contributed by atoms with van der Waals surface area (Å²) in [7, 11) is -4.74. The van der Waals surface area contributed by atoms with E-state index in [2.05, 4.69) is 15.2 Å². The summed E-state index contributed by atoms with van der Waals surface area (Å²) in [5.41, 5.74) is 2.11. The average Bonchev–Trinajstić information content (AvgIpc) is 2.82. The molecule has 38 heavy (non-hydrogen) atoms. The Morgan fingerprint density at radius 2 is 1.58 bits per heavy atom. The minimum absolute atomic E-state index is 0.0170. The van der Waals surface area contributed by atoms with Crippen molar-refractivity contribution in [3.8, 4) is 5.75 Å². The van der Waals surface area contributed by atoms with E-state index in [0.717, 1.165) is 5.56 Å². The zero-order valence-corrected chi connectivity index (χ0v) is 22.2. The van der Waals surface area contributed by atoms with Crippen LogP contribution in [-0.4, -0.2) is 57.2 Å². The van der Waals surface area contributed by atoms with E-state index in [4.69, 9.17) is 9.79 Å². The molecule has 3 amide bonds. The molecule has 2 aromatic rings. The lowest BCUT2D eigenvalue weighted by Gasteiger charge is -2.28. The van der Waals surface area contributed by atoms with Crippen LogP contribution in [0, 0.1) is 6.92 Å². The molecule has 2 rings (SSSR count). The van der Waals surface area contributed by atoms with Crippen molar-refractivity contribution in [3.05, 3.63) is 59.7 Å². The Labute approximate surface area is 220 Å². The van der Waals surface area contributed by atoms with Gasteiger partial charge in [-0.05, 0) is 50.1 Å². The van der Waals surface area contributed by atoms with E-state index >= 15 is 0 Å². The molecule has 0 aliphatic heterocycles. The fourth-order valence-electron chi connectivity index (χ4n) is 3.69. The lowest BCUT2D eigenvalue weighted by molar-refractivity contribution is -0.138. The highest BCUT2D eigenvalue weighted by Crippen LogP contribution is 2.37. The maximum Gasteiger partial charge on any atom is 0.524 e. The summed E-state index contributed by atoms with van der Waals surface area (Å²) in [5, 5.41) is 14.3. The number of carboxylic acid groups (broad SMARTS) is 1. The van der Waals surface area contributed by atoms with Gasteiger partial charge in [0.15, 0.2) is 0 Å². The van der Waals surface area contributed by atoms with E-state index < -0.39 is 43.6 Å². The third-order valence-corrected chi connectivity index (χ3v) is 5.92. The van der Waals surface area contributed by atoms with Gasteiger partial charge in [0, 0.05) is 32.0 Å². The zero-order chi connectivity index (χ0) is 28.5. The third kappa shape index (κ3) is 9.97. The van der Waals surface area contributed by atoms with Crippen LogP contribution in [-0.2, 0) is 30.2 Å². The quantitative estimate of drug-likeness (QED) is 0.233. The van der Waals surface area contributed by atoms with Gasteiger partial charge in [-0.3, -0.25) is 29.0 Å². The molecule has 0 saturated heterocycles. The molecule has 0 aliphatic carbocycles. The molecule has 5 N–H and O–H groups in total. The summed E-state index contributed by atoms with van der Waals surface area (Å²) in [6.45, 7) is 5.16. The molecule has 13 heteroatoms. The fraction of sp³-hybridized carbons (Fsp3) is 0.360. The largest absolute Gasteiger partial charge is 0.524 e. The number of phosphoric acid groups is 1. The second kappa shape index (κ2) is 13.7. The minimum Gasteiger partial charge on any atom is -0.481 e. The van der Waals surface area contributed by atoms with Gasteiger partial charge in [0.2, 0.25) is 17.7 Å². The number of hydrogen-bond acceptors (Lipinski definition) is 6. The zero-order valence-electron chi connectivity index (χ0n) is 21.3. The highest BCUT2D eigenvalue weighted by atomic mass is 31.2. The van der Waals surface area contributed by atoms with Gasteiger partial charge in [0.1, 0.15) is 17.8 Å². The molecule has 2 unspecified atom stereocenters. The number of aliphatic carboxylic acids is 1. The molecule has 0 aromatic heterocycles. The maximum absolute atomic E-state index is 13.4. The van der Waals surface area contributed by atoms with Crippen molar-refractivity contribution < 1.29 is 43.2 Å². The second-order valence-corrected chi connectivity index (χ2v) is 9.76. The number of nitrogens with zero attached hydrogens (tertiary/aromatic N) is 1. The van der Waals surface area contributed by atoms with E-state index in [9.17, 15) is 28.8 Å². The Morgan fingerprint density at radius 3 is 2.08 bits per heavy atom. The normalized spacial score (nSPS) is 12.7. The van der Waals surface area contributed by atoms with Crippen LogP contribution in [0.25, 0.3) is 0 Å². The van der Waals surface area contributed by atoms with Gasteiger partial charge < -0.3 is 25.2 Å². The monoisotopic (exact) mass is 549 g/mol. The van der Waals surface area contributed by atoms with Crippen molar-refractivity contribution in [1.82, 2.24) is 10.6 Å². The van der Waals surface area contributed by atoms with Crippen LogP contribution in [0.15, 0.2) is 48.5 Å². The maximum atomic E-state index is 13.4. The van der Waals surface area contributed by atoms with Crippen LogP contribution in [0.1, 0.15) is 37.8 Å². The molecule has 206 valence electrons. The number of hydrogen-bond donors (Lipinski definition) is 5. The Hall–Kier alpha value is -3.73. The first-order valence-electron chi connectivity index (χ1n) is 11.8. The van der Waals surface area contributed by atoms with Gasteiger partial charge in [0.25, 0.3) is 0 Å². The molecule has 0 bridgehead atoms. The molecule has 2 aromatic carbocycles. The van der Waals surface area contributed by atoms with E-state index in [-0.39, 0.29) is 31.6 Å². The number of anilines is 1. The lowest BCUT2D eigenvalue weighted by atomic mass is 10.0. The number of likely N-dealkylation sites (N-methyl/N-ethyl adjacent to an activating group) is 1. The molecular weight excluding hydrogens is 517 g/mol. The summed E-state index contributed by atoms with van der Waals surface area (Å²) in [6.07, 6.45) is -0.547. The number of amides is 3. The Balaban J connectivity index is 2.25. The highest BCUT2D eigenvalue weighted by Gasteiger charge is 2.30. The molecule has 0 saturated carbocycles. The molecule has 0 radical (unpaired) electrons. The highest BCUT2D eigenvalue weighted by molar-refractivity contribution is 7.46. The van der Waals surface area contributed by atoms with Crippen molar-refractivity contribution >= 4 is 37.2 Å². The summed E-state index contributed by atoms with van der Waals surface area (Å²) >= 11 is 0. The van der Waals surface area contributed by atoms with Crippen molar-refractivity contribution in [3.63, 3.8) is 0 Å². The number of carbonyl (C=O) groups is 4. The average molecular weight is 550 g/mol. The summed E-state index contributed by atoms with van der Waals surface area (Å²) in [4.78, 5) is 69.0. The predicted molar refractivity (Wildman–Crippen MR) is 138 cm³/mol. The Bertz CT molecular complexity index is 1180. The van der Waals surface area contributed by atoms with E-state index in [1.807, 2.05) is 19.1 Å². The predicted octanol–water partition coefficient (Wildman–Crippen LogP) is 1.92. The minimum atomic E-state index is -4.74. The van der Waals surface area contributed by atoms with Gasteiger partial charge in [-0.15, -0.1) is 0 Å². The second-order valence-electron chi connectivity index (χ2n) is 8.59. The van der Waals surface area contributed by atoms with Gasteiger partial charge >= 0.3 is 13.8 Å². The number of carboxylic acids is 1. The van der Waals surface area contributed by atoms with Crippen molar-refractivity contribution in [2.24, 2.45) is 0 Å². The number of rotatable bonds is 13. The third-order valence-electron chi connectivity index (χ3n) is 5.47. The summed E-state index contributed by atoms with van der Waals surface area (Å²) in [5.74, 6) is -2.91. The smallest absolute Gasteiger partial charge is 0.481 e. The Kier molecular flexibility index (Phi) is 11.0. The van der Waals surface area contributed by atoms with E-state index in [1.165, 1.54) is 36.1 Å². The number of benzene rings is 2. The topological polar surface area (TPSA) is 183 Å². The number of aryl methyl sites for hydroxylation is 1. The first-order valence-corrected chi connectivity index (χ1v) is 13.3. The van der Waals surface area contributed by atoms with Gasteiger partial charge in [-0.1, -0.05) is 29.8 Å². The van der Waals surface area contributed by atoms with Crippen LogP contribution >= 0.6 is 7.82 Å². The number of phosphoric ester groups is 1. The first-order chi connectivity index (χ1) is 17.8. The number of nitrogens with one attached hydrogen (secondary N) is 2. The SMILES string of the molecule is CCN(C(=O)C(CCC(=O)O)NC(=O)C(Cc1ccc(OP(=O)(O)O)cc1)NC(C)=O)c1ccc(C)cc1. The summed E-state index contributed by atoms with van der Waals surface area (Å²) < 4.78 is 15.5. The number of carbonyl (C=O) groups excluding carboxylic acids is 3. The lowest BCUT2D eigenvalue weighted by Crippen LogP contribution is -2.55. The summed E-state index contributed by atoms with van der Waals surface area (Å²) in [6, 6.07) is 10.4. The van der Waals surface area contributed by atoms with Gasteiger partial charge in [0.05, 0.1) is 0 Å². The standard InChI is InChI=1S/C25H32N3O9P/c1-4-28(19-9-5-16(2)6-10-19)25(33)21(13-14-23(30)31)27-24(32)22(26-17(3)29)15-18-7-11-20(12-8-18)37-38(34,35)36/h5-12,21-22H,4,13-15H2,1-3H3,(H,26,29)(H,27,32)(H,30,31)(H2,34,35,36). The van der Waals surface area contributed by atoms with Gasteiger partial charge in [-0.2, -0.15) is 0 Å². The van der Waals surface area contributed by atoms with Crippen LogP contribution in [0.4, 0.5) is 5.69 Å². The molecule has 0 fully saturated rings.